The Labute approximate surface area is 111 Å². The van der Waals surface area contributed by atoms with Gasteiger partial charge in [-0.15, -0.1) is 0 Å². The average molecular weight is 300 g/mol. The summed E-state index contributed by atoms with van der Waals surface area (Å²) in [6, 6.07) is 4.72. The summed E-state index contributed by atoms with van der Waals surface area (Å²) in [5, 5.41) is 0. The van der Waals surface area contributed by atoms with Crippen molar-refractivity contribution < 1.29 is 4.39 Å². The summed E-state index contributed by atoms with van der Waals surface area (Å²) in [5.41, 5.74) is 7.21. The Morgan fingerprint density at radius 3 is 2.88 bits per heavy atom. The molecule has 0 radical (unpaired) electrons. The van der Waals surface area contributed by atoms with Crippen LogP contribution < -0.4 is 5.73 Å². The molecule has 3 atom stereocenters. The van der Waals surface area contributed by atoms with Gasteiger partial charge in [-0.3, -0.25) is 0 Å². The van der Waals surface area contributed by atoms with Gasteiger partial charge in [0.15, 0.2) is 0 Å². The summed E-state index contributed by atoms with van der Waals surface area (Å²) in [7, 11) is 0. The normalized spacial score (nSPS) is 26.8. The molecule has 3 heteroatoms. The quantitative estimate of drug-likeness (QED) is 0.860. The summed E-state index contributed by atoms with van der Waals surface area (Å²) in [6.07, 6.45) is 4.86. The van der Waals surface area contributed by atoms with E-state index in [4.69, 9.17) is 5.73 Å². The third-order valence-corrected chi connectivity index (χ3v) is 4.52. The molecule has 1 fully saturated rings. The zero-order valence-corrected chi connectivity index (χ0v) is 11.7. The van der Waals surface area contributed by atoms with Crippen LogP contribution in [0.4, 0.5) is 4.39 Å². The van der Waals surface area contributed by atoms with Crippen molar-refractivity contribution in [2.75, 3.05) is 0 Å². The van der Waals surface area contributed by atoms with Crippen LogP contribution in [0.2, 0.25) is 0 Å². The van der Waals surface area contributed by atoms with Gasteiger partial charge in [0.05, 0.1) is 0 Å². The van der Waals surface area contributed by atoms with Crippen molar-refractivity contribution in [3.63, 3.8) is 0 Å². The zero-order valence-electron chi connectivity index (χ0n) is 10.1. The highest BCUT2D eigenvalue weighted by Crippen LogP contribution is 2.37. The summed E-state index contributed by atoms with van der Waals surface area (Å²) in [4.78, 5) is 0. The van der Waals surface area contributed by atoms with Crippen molar-refractivity contribution in [2.45, 2.75) is 38.6 Å². The molecule has 1 aliphatic rings. The zero-order chi connectivity index (χ0) is 12.4. The fourth-order valence-corrected chi connectivity index (χ4v) is 3.34. The topological polar surface area (TPSA) is 26.0 Å². The van der Waals surface area contributed by atoms with Crippen molar-refractivity contribution in [1.29, 1.82) is 0 Å². The first-order chi connectivity index (χ1) is 8.08. The second-order valence-corrected chi connectivity index (χ2v) is 6.08. The summed E-state index contributed by atoms with van der Waals surface area (Å²) in [6.45, 7) is 2.28. The number of halogens is 2. The van der Waals surface area contributed by atoms with Gasteiger partial charge in [-0.1, -0.05) is 35.7 Å². The Hall–Kier alpha value is -0.410. The summed E-state index contributed by atoms with van der Waals surface area (Å²) in [5.74, 6) is 1.02. The Balaban J connectivity index is 2.18. The van der Waals surface area contributed by atoms with Crippen LogP contribution in [-0.4, -0.2) is 0 Å². The highest BCUT2D eigenvalue weighted by atomic mass is 79.9. The van der Waals surface area contributed by atoms with Gasteiger partial charge in [-0.25, -0.2) is 4.39 Å². The van der Waals surface area contributed by atoms with Gasteiger partial charge in [0.2, 0.25) is 0 Å². The first-order valence-electron chi connectivity index (χ1n) is 6.28. The van der Waals surface area contributed by atoms with E-state index in [0.29, 0.717) is 5.92 Å². The summed E-state index contributed by atoms with van der Waals surface area (Å²) < 4.78 is 14.2. The van der Waals surface area contributed by atoms with Gasteiger partial charge in [0.1, 0.15) is 5.82 Å². The van der Waals surface area contributed by atoms with E-state index in [1.54, 1.807) is 12.1 Å². The predicted octanol–water partition coefficient (Wildman–Crippen LogP) is 4.41. The van der Waals surface area contributed by atoms with Crippen LogP contribution in [0.1, 0.15) is 44.2 Å². The van der Waals surface area contributed by atoms with Gasteiger partial charge >= 0.3 is 0 Å². The van der Waals surface area contributed by atoms with E-state index in [-0.39, 0.29) is 11.9 Å². The highest BCUT2D eigenvalue weighted by molar-refractivity contribution is 9.10. The molecule has 1 aliphatic carbocycles. The lowest BCUT2D eigenvalue weighted by Gasteiger charge is -2.31. The maximum Gasteiger partial charge on any atom is 0.123 e. The van der Waals surface area contributed by atoms with E-state index in [1.807, 2.05) is 0 Å². The largest absolute Gasteiger partial charge is 0.324 e. The molecule has 0 bridgehead atoms. The van der Waals surface area contributed by atoms with Gasteiger partial charge in [0, 0.05) is 10.5 Å². The SMILES string of the molecule is CC1CCCC(C(N)c2cc(F)ccc2Br)C1. The molecule has 2 N–H and O–H groups in total. The molecule has 1 aromatic carbocycles. The van der Waals surface area contributed by atoms with Gasteiger partial charge in [-0.2, -0.15) is 0 Å². The molecule has 3 unspecified atom stereocenters. The molecular weight excluding hydrogens is 281 g/mol. The fraction of sp³-hybridized carbons (Fsp3) is 0.571. The second kappa shape index (κ2) is 5.49. The Morgan fingerprint density at radius 1 is 1.41 bits per heavy atom. The molecule has 0 spiro atoms. The minimum absolute atomic E-state index is 0.0529. The Morgan fingerprint density at radius 2 is 2.18 bits per heavy atom. The molecule has 0 heterocycles. The molecule has 1 aromatic rings. The predicted molar refractivity (Wildman–Crippen MR) is 72.2 cm³/mol. The van der Waals surface area contributed by atoms with Gasteiger partial charge in [-0.05, 0) is 48.4 Å². The lowest BCUT2D eigenvalue weighted by molar-refractivity contribution is 0.247. The molecule has 0 amide bonds. The Bertz CT molecular complexity index is 394. The minimum Gasteiger partial charge on any atom is -0.324 e. The standard InChI is InChI=1S/C14H19BrFN/c1-9-3-2-4-10(7-9)14(17)12-8-11(16)5-6-13(12)15/h5-6,8-10,14H,2-4,7,17H2,1H3. The Kier molecular flexibility index (Phi) is 4.21. The van der Waals surface area contributed by atoms with Crippen LogP contribution >= 0.6 is 15.9 Å². The number of benzene rings is 1. The van der Waals surface area contributed by atoms with E-state index < -0.39 is 0 Å². The second-order valence-electron chi connectivity index (χ2n) is 5.22. The maximum absolute atomic E-state index is 13.3. The van der Waals surface area contributed by atoms with Crippen LogP contribution in [0.5, 0.6) is 0 Å². The minimum atomic E-state index is -0.206. The molecule has 2 rings (SSSR count). The fourth-order valence-electron chi connectivity index (χ4n) is 2.83. The third-order valence-electron chi connectivity index (χ3n) is 3.80. The molecule has 94 valence electrons. The molecule has 0 saturated heterocycles. The molecule has 1 nitrogen and oxygen atoms in total. The van der Waals surface area contributed by atoms with Crippen LogP contribution in [0, 0.1) is 17.7 Å². The van der Waals surface area contributed by atoms with E-state index in [1.165, 1.54) is 18.9 Å². The number of rotatable bonds is 2. The first kappa shape index (κ1) is 13.0. The van der Waals surface area contributed by atoms with Gasteiger partial charge in [0.25, 0.3) is 0 Å². The molecule has 0 aliphatic heterocycles. The average Bonchev–Trinajstić information content (AvgIpc) is 2.31. The summed E-state index contributed by atoms with van der Waals surface area (Å²) >= 11 is 3.47. The number of hydrogen-bond acceptors (Lipinski definition) is 1. The van der Waals surface area contributed by atoms with Gasteiger partial charge < -0.3 is 5.73 Å². The van der Waals surface area contributed by atoms with E-state index in [9.17, 15) is 4.39 Å². The van der Waals surface area contributed by atoms with Crippen LogP contribution in [0.15, 0.2) is 22.7 Å². The van der Waals surface area contributed by atoms with Crippen molar-refractivity contribution in [3.8, 4) is 0 Å². The highest BCUT2D eigenvalue weighted by Gasteiger charge is 2.26. The first-order valence-corrected chi connectivity index (χ1v) is 7.07. The molecule has 1 saturated carbocycles. The third kappa shape index (κ3) is 3.08. The van der Waals surface area contributed by atoms with Crippen LogP contribution in [0.25, 0.3) is 0 Å². The monoisotopic (exact) mass is 299 g/mol. The van der Waals surface area contributed by atoms with Crippen LogP contribution in [0.3, 0.4) is 0 Å². The maximum atomic E-state index is 13.3. The van der Waals surface area contributed by atoms with Crippen LogP contribution in [-0.2, 0) is 0 Å². The van der Waals surface area contributed by atoms with Crippen molar-refractivity contribution in [1.82, 2.24) is 0 Å². The molecule has 17 heavy (non-hydrogen) atoms. The van der Waals surface area contributed by atoms with Crippen molar-refractivity contribution >= 4 is 15.9 Å². The number of hydrogen-bond donors (Lipinski definition) is 1. The number of nitrogens with two attached hydrogens (primary N) is 1. The van der Waals surface area contributed by atoms with E-state index >= 15 is 0 Å². The lowest BCUT2D eigenvalue weighted by atomic mass is 9.77. The van der Waals surface area contributed by atoms with E-state index in [2.05, 4.69) is 22.9 Å². The van der Waals surface area contributed by atoms with Crippen molar-refractivity contribution in [2.24, 2.45) is 17.6 Å². The van der Waals surface area contributed by atoms with Crippen molar-refractivity contribution in [3.05, 3.63) is 34.1 Å². The molecule has 0 aromatic heterocycles. The smallest absolute Gasteiger partial charge is 0.123 e. The molecular formula is C14H19BrFN. The van der Waals surface area contributed by atoms with E-state index in [0.717, 1.165) is 28.8 Å². The lowest BCUT2D eigenvalue weighted by Crippen LogP contribution is -2.26.